The van der Waals surface area contributed by atoms with Gasteiger partial charge in [-0.15, -0.1) is 11.8 Å². The minimum Gasteiger partial charge on any atom is -0.372 e. The quantitative estimate of drug-likeness (QED) is 0.835. The Morgan fingerprint density at radius 1 is 1.44 bits per heavy atom. The van der Waals surface area contributed by atoms with Gasteiger partial charge in [0, 0.05) is 18.3 Å². The van der Waals surface area contributed by atoms with Gasteiger partial charge in [-0.25, -0.2) is 0 Å². The monoisotopic (exact) mass is 272 g/mol. The van der Waals surface area contributed by atoms with Crippen molar-refractivity contribution in [3.05, 3.63) is 0 Å². The molecule has 2 aliphatic rings. The molecule has 0 spiro atoms. The van der Waals surface area contributed by atoms with E-state index in [4.69, 9.17) is 4.74 Å². The first-order valence-corrected chi connectivity index (χ1v) is 7.86. The van der Waals surface area contributed by atoms with Crippen molar-refractivity contribution in [1.29, 1.82) is 0 Å². The molecular formula is C13H24N2O2S. The molecule has 2 fully saturated rings. The lowest BCUT2D eigenvalue weighted by Gasteiger charge is -2.38. The number of nitrogens with zero attached hydrogens (tertiary/aromatic N) is 1. The Hall–Kier alpha value is -0.260. The van der Waals surface area contributed by atoms with Gasteiger partial charge in [-0.1, -0.05) is 0 Å². The zero-order valence-electron chi connectivity index (χ0n) is 11.4. The van der Waals surface area contributed by atoms with E-state index in [0.717, 1.165) is 26.2 Å². The number of amides is 1. The molecule has 0 saturated carbocycles. The van der Waals surface area contributed by atoms with Gasteiger partial charge in [-0.05, 0) is 39.8 Å². The Morgan fingerprint density at radius 3 is 2.83 bits per heavy atom. The molecule has 0 aliphatic carbocycles. The standard InChI is InChI=1S/C13H24N2O2S/c1-13(2)10-15(7-8-17-13)12(16)9-18-11-3-5-14-6-4-11/h11,14H,3-10H2,1-2H3. The summed E-state index contributed by atoms with van der Waals surface area (Å²) < 4.78 is 5.63. The largest absolute Gasteiger partial charge is 0.372 e. The summed E-state index contributed by atoms with van der Waals surface area (Å²) in [6.07, 6.45) is 2.37. The summed E-state index contributed by atoms with van der Waals surface area (Å²) in [5.74, 6) is 0.899. The number of carbonyl (C=O) groups excluding carboxylic acids is 1. The van der Waals surface area contributed by atoms with Crippen LogP contribution in [0.25, 0.3) is 0 Å². The molecule has 4 nitrogen and oxygen atoms in total. The van der Waals surface area contributed by atoms with E-state index in [2.05, 4.69) is 5.32 Å². The van der Waals surface area contributed by atoms with Crippen molar-refractivity contribution >= 4 is 17.7 Å². The molecule has 2 heterocycles. The van der Waals surface area contributed by atoms with Gasteiger partial charge in [-0.3, -0.25) is 4.79 Å². The fraction of sp³-hybridized carbons (Fsp3) is 0.923. The number of nitrogens with one attached hydrogen (secondary N) is 1. The number of piperidine rings is 1. The summed E-state index contributed by atoms with van der Waals surface area (Å²) in [7, 11) is 0. The third kappa shape index (κ3) is 4.14. The van der Waals surface area contributed by atoms with E-state index in [-0.39, 0.29) is 11.5 Å². The number of hydrogen-bond acceptors (Lipinski definition) is 4. The van der Waals surface area contributed by atoms with Gasteiger partial charge in [0.1, 0.15) is 0 Å². The summed E-state index contributed by atoms with van der Waals surface area (Å²) in [6.45, 7) is 8.41. The summed E-state index contributed by atoms with van der Waals surface area (Å²) in [5.41, 5.74) is -0.187. The first-order valence-electron chi connectivity index (χ1n) is 6.81. The second-order valence-corrected chi connectivity index (χ2v) is 6.97. The Labute approximate surface area is 114 Å². The molecule has 5 heteroatoms. The summed E-state index contributed by atoms with van der Waals surface area (Å²) in [4.78, 5) is 14.1. The predicted molar refractivity (Wildman–Crippen MR) is 75.0 cm³/mol. The van der Waals surface area contributed by atoms with Crippen molar-refractivity contribution in [2.75, 3.05) is 38.5 Å². The molecule has 1 N–H and O–H groups in total. The van der Waals surface area contributed by atoms with Crippen LogP contribution >= 0.6 is 11.8 Å². The molecule has 0 unspecified atom stereocenters. The van der Waals surface area contributed by atoms with Crippen molar-refractivity contribution in [3.8, 4) is 0 Å². The lowest BCUT2D eigenvalue weighted by Crippen LogP contribution is -2.51. The second-order valence-electron chi connectivity index (χ2n) is 5.68. The van der Waals surface area contributed by atoms with Gasteiger partial charge in [0.05, 0.1) is 18.0 Å². The first kappa shape index (κ1) is 14.2. The maximum atomic E-state index is 12.2. The first-order chi connectivity index (χ1) is 8.57. The van der Waals surface area contributed by atoms with Crippen molar-refractivity contribution in [1.82, 2.24) is 10.2 Å². The van der Waals surface area contributed by atoms with Crippen molar-refractivity contribution in [2.45, 2.75) is 37.5 Å². The third-order valence-electron chi connectivity index (χ3n) is 3.51. The number of morpholine rings is 1. The van der Waals surface area contributed by atoms with Crippen LogP contribution in [0.5, 0.6) is 0 Å². The fourth-order valence-electron chi connectivity index (χ4n) is 2.47. The van der Waals surface area contributed by atoms with Gasteiger partial charge < -0.3 is 15.0 Å². The van der Waals surface area contributed by atoms with Crippen LogP contribution in [0.15, 0.2) is 0 Å². The minimum atomic E-state index is -0.187. The number of rotatable bonds is 3. The lowest BCUT2D eigenvalue weighted by atomic mass is 10.1. The Kier molecular flexibility index (Phi) is 4.92. The Morgan fingerprint density at radius 2 is 2.17 bits per heavy atom. The molecule has 0 aromatic heterocycles. The van der Waals surface area contributed by atoms with Crippen LogP contribution in [0, 0.1) is 0 Å². The van der Waals surface area contributed by atoms with Crippen molar-refractivity contribution in [2.24, 2.45) is 0 Å². The van der Waals surface area contributed by atoms with E-state index in [1.54, 1.807) is 0 Å². The fourth-order valence-corrected chi connectivity index (χ4v) is 3.60. The molecule has 104 valence electrons. The second kappa shape index (κ2) is 6.26. The molecule has 2 aliphatic heterocycles. The van der Waals surface area contributed by atoms with E-state index in [9.17, 15) is 4.79 Å². The van der Waals surface area contributed by atoms with Crippen LogP contribution in [-0.4, -0.2) is 60.2 Å². The maximum Gasteiger partial charge on any atom is 0.232 e. The maximum absolute atomic E-state index is 12.2. The van der Waals surface area contributed by atoms with Crippen LogP contribution in [0.2, 0.25) is 0 Å². The molecule has 0 atom stereocenters. The number of thioether (sulfide) groups is 1. The average molecular weight is 272 g/mol. The molecule has 0 bridgehead atoms. The highest BCUT2D eigenvalue weighted by molar-refractivity contribution is 8.00. The molecule has 0 aromatic rings. The van der Waals surface area contributed by atoms with Crippen molar-refractivity contribution < 1.29 is 9.53 Å². The van der Waals surface area contributed by atoms with E-state index in [1.807, 2.05) is 30.5 Å². The van der Waals surface area contributed by atoms with Gasteiger partial charge in [-0.2, -0.15) is 0 Å². The van der Waals surface area contributed by atoms with E-state index in [1.165, 1.54) is 12.8 Å². The van der Waals surface area contributed by atoms with Gasteiger partial charge in [0.15, 0.2) is 0 Å². The zero-order chi connectivity index (χ0) is 13.0. The minimum absolute atomic E-state index is 0.187. The SMILES string of the molecule is CC1(C)CN(C(=O)CSC2CCNCC2)CCO1. The van der Waals surface area contributed by atoms with Gasteiger partial charge >= 0.3 is 0 Å². The van der Waals surface area contributed by atoms with Crippen LogP contribution < -0.4 is 5.32 Å². The van der Waals surface area contributed by atoms with Crippen molar-refractivity contribution in [3.63, 3.8) is 0 Å². The number of carbonyl (C=O) groups is 1. The molecular weight excluding hydrogens is 248 g/mol. The van der Waals surface area contributed by atoms with Crippen LogP contribution in [0.4, 0.5) is 0 Å². The van der Waals surface area contributed by atoms with E-state index in [0.29, 0.717) is 17.6 Å². The summed E-state index contributed by atoms with van der Waals surface area (Å²) >= 11 is 1.83. The van der Waals surface area contributed by atoms with Crippen LogP contribution in [-0.2, 0) is 9.53 Å². The molecule has 2 saturated heterocycles. The summed E-state index contributed by atoms with van der Waals surface area (Å²) in [5, 5.41) is 4.01. The number of hydrogen-bond donors (Lipinski definition) is 1. The smallest absolute Gasteiger partial charge is 0.232 e. The lowest BCUT2D eigenvalue weighted by molar-refractivity contribution is -0.143. The molecule has 0 radical (unpaired) electrons. The average Bonchev–Trinajstić information content (AvgIpc) is 2.36. The molecule has 2 rings (SSSR count). The van der Waals surface area contributed by atoms with Gasteiger partial charge in [0.2, 0.25) is 5.91 Å². The summed E-state index contributed by atoms with van der Waals surface area (Å²) in [6, 6.07) is 0. The van der Waals surface area contributed by atoms with Gasteiger partial charge in [0.25, 0.3) is 0 Å². The predicted octanol–water partition coefficient (Wildman–Crippen LogP) is 1.11. The van der Waals surface area contributed by atoms with Crippen LogP contribution in [0.3, 0.4) is 0 Å². The normalized spacial score (nSPS) is 25.1. The highest BCUT2D eigenvalue weighted by atomic mass is 32.2. The van der Waals surface area contributed by atoms with E-state index >= 15 is 0 Å². The number of ether oxygens (including phenoxy) is 1. The highest BCUT2D eigenvalue weighted by Crippen LogP contribution is 2.22. The van der Waals surface area contributed by atoms with Crippen LogP contribution in [0.1, 0.15) is 26.7 Å². The Balaban J connectivity index is 1.73. The molecule has 1 amide bonds. The van der Waals surface area contributed by atoms with E-state index < -0.39 is 0 Å². The Bertz CT molecular complexity index is 291. The highest BCUT2D eigenvalue weighted by Gasteiger charge is 2.30. The zero-order valence-corrected chi connectivity index (χ0v) is 12.2. The molecule has 18 heavy (non-hydrogen) atoms. The third-order valence-corrected chi connectivity index (χ3v) is 4.86. The molecule has 0 aromatic carbocycles. The topological polar surface area (TPSA) is 41.6 Å².